The number of esters is 1. The monoisotopic (exact) mass is 230 g/mol. The minimum absolute atomic E-state index is 0.124. The molecular weight excluding hydrogens is 218 g/mol. The van der Waals surface area contributed by atoms with E-state index in [1.807, 2.05) is 0 Å². The molecule has 1 aromatic carbocycles. The second-order valence-electron chi connectivity index (χ2n) is 3.02. The van der Waals surface area contributed by atoms with Crippen LogP contribution in [0.1, 0.15) is 12.5 Å². The first-order valence-corrected chi connectivity index (χ1v) is 4.76. The average Bonchev–Trinajstić information content (AvgIpc) is 2.25. The van der Waals surface area contributed by atoms with Crippen molar-refractivity contribution in [2.45, 2.75) is 13.3 Å². The Morgan fingerprint density at radius 2 is 2.06 bits per heavy atom. The van der Waals surface area contributed by atoms with Gasteiger partial charge in [0.15, 0.2) is 11.6 Å². The highest BCUT2D eigenvalue weighted by molar-refractivity contribution is 5.73. The van der Waals surface area contributed by atoms with Gasteiger partial charge in [0.1, 0.15) is 5.75 Å². The number of hydrogen-bond acceptors (Lipinski definition) is 3. The summed E-state index contributed by atoms with van der Waals surface area (Å²) in [4.78, 5) is 11.2. The lowest BCUT2D eigenvalue weighted by Crippen LogP contribution is -2.10. The molecule has 0 atom stereocenters. The fraction of sp³-hybridized carbons (Fsp3) is 0.364. The van der Waals surface area contributed by atoms with Gasteiger partial charge in [-0.3, -0.25) is 4.79 Å². The van der Waals surface area contributed by atoms with Gasteiger partial charge in [-0.2, -0.15) is 0 Å². The van der Waals surface area contributed by atoms with E-state index < -0.39 is 17.6 Å². The van der Waals surface area contributed by atoms with Crippen molar-refractivity contribution in [3.8, 4) is 5.75 Å². The average molecular weight is 230 g/mol. The number of methoxy groups -OCH3 is 1. The Labute approximate surface area is 92.0 Å². The molecule has 0 aromatic heterocycles. The van der Waals surface area contributed by atoms with Gasteiger partial charge in [-0.25, -0.2) is 8.78 Å². The topological polar surface area (TPSA) is 35.5 Å². The minimum Gasteiger partial charge on any atom is -0.496 e. The smallest absolute Gasteiger partial charge is 0.310 e. The van der Waals surface area contributed by atoms with Crippen LogP contribution in [0.5, 0.6) is 5.75 Å². The summed E-state index contributed by atoms with van der Waals surface area (Å²) in [5, 5.41) is 0. The molecule has 0 saturated carbocycles. The molecule has 88 valence electrons. The van der Waals surface area contributed by atoms with E-state index in [2.05, 4.69) is 4.74 Å². The molecule has 0 fully saturated rings. The Hall–Kier alpha value is -1.65. The highest BCUT2D eigenvalue weighted by Gasteiger charge is 2.17. The molecule has 0 N–H and O–H groups in total. The number of ether oxygens (including phenoxy) is 2. The predicted octanol–water partition coefficient (Wildman–Crippen LogP) is 2.08. The molecule has 0 aliphatic rings. The van der Waals surface area contributed by atoms with E-state index in [9.17, 15) is 13.6 Å². The van der Waals surface area contributed by atoms with Gasteiger partial charge in [0.05, 0.1) is 20.1 Å². The highest BCUT2D eigenvalue weighted by atomic mass is 19.2. The summed E-state index contributed by atoms with van der Waals surface area (Å²) in [5.41, 5.74) is -0.124. The first-order valence-electron chi connectivity index (χ1n) is 4.76. The molecule has 1 aromatic rings. The number of hydrogen-bond donors (Lipinski definition) is 0. The molecule has 16 heavy (non-hydrogen) atoms. The normalized spacial score (nSPS) is 10.0. The number of halogens is 2. The number of carbonyl (C=O) groups is 1. The van der Waals surface area contributed by atoms with Crippen LogP contribution in [-0.4, -0.2) is 19.7 Å². The Bertz CT molecular complexity index is 391. The fourth-order valence-electron chi connectivity index (χ4n) is 1.29. The maximum atomic E-state index is 13.4. The first-order chi connectivity index (χ1) is 7.60. The fourth-order valence-corrected chi connectivity index (χ4v) is 1.29. The summed E-state index contributed by atoms with van der Waals surface area (Å²) < 4.78 is 35.8. The summed E-state index contributed by atoms with van der Waals surface area (Å²) in [5.74, 6) is -2.58. The number of benzene rings is 1. The van der Waals surface area contributed by atoms with Crippen molar-refractivity contribution < 1.29 is 23.0 Å². The molecule has 0 spiro atoms. The third kappa shape index (κ3) is 2.68. The molecule has 0 saturated heterocycles. The minimum atomic E-state index is -1.08. The van der Waals surface area contributed by atoms with Crippen LogP contribution in [0, 0.1) is 11.6 Å². The van der Waals surface area contributed by atoms with Crippen LogP contribution in [0.3, 0.4) is 0 Å². The van der Waals surface area contributed by atoms with Gasteiger partial charge in [0, 0.05) is 5.56 Å². The largest absolute Gasteiger partial charge is 0.496 e. The lowest BCUT2D eigenvalue weighted by molar-refractivity contribution is -0.142. The van der Waals surface area contributed by atoms with E-state index in [1.54, 1.807) is 6.92 Å². The van der Waals surface area contributed by atoms with Crippen LogP contribution in [0.15, 0.2) is 12.1 Å². The van der Waals surface area contributed by atoms with E-state index in [4.69, 9.17) is 4.74 Å². The van der Waals surface area contributed by atoms with Gasteiger partial charge in [-0.1, -0.05) is 0 Å². The molecule has 0 bridgehead atoms. The van der Waals surface area contributed by atoms with Crippen LogP contribution in [0.4, 0.5) is 8.78 Å². The Kier molecular flexibility index (Phi) is 4.22. The van der Waals surface area contributed by atoms with Crippen LogP contribution in [0.2, 0.25) is 0 Å². The Morgan fingerprint density at radius 1 is 1.38 bits per heavy atom. The van der Waals surface area contributed by atoms with Gasteiger partial charge >= 0.3 is 5.97 Å². The molecule has 3 nitrogen and oxygen atoms in total. The highest BCUT2D eigenvalue weighted by Crippen LogP contribution is 2.24. The predicted molar refractivity (Wildman–Crippen MR) is 53.2 cm³/mol. The molecule has 1 rings (SSSR count). The van der Waals surface area contributed by atoms with Crippen molar-refractivity contribution in [1.29, 1.82) is 0 Å². The van der Waals surface area contributed by atoms with Gasteiger partial charge < -0.3 is 9.47 Å². The van der Waals surface area contributed by atoms with Crippen molar-refractivity contribution >= 4 is 5.97 Å². The molecule has 5 heteroatoms. The summed E-state index contributed by atoms with van der Waals surface area (Å²) >= 11 is 0. The molecule has 0 aliphatic heterocycles. The van der Waals surface area contributed by atoms with Crippen LogP contribution in [0.25, 0.3) is 0 Å². The second kappa shape index (κ2) is 5.44. The maximum absolute atomic E-state index is 13.4. The van der Waals surface area contributed by atoms with Crippen molar-refractivity contribution in [2.24, 2.45) is 0 Å². The van der Waals surface area contributed by atoms with Crippen LogP contribution >= 0.6 is 0 Å². The van der Waals surface area contributed by atoms with E-state index in [1.165, 1.54) is 13.2 Å². The zero-order valence-corrected chi connectivity index (χ0v) is 9.05. The second-order valence-corrected chi connectivity index (χ2v) is 3.02. The van der Waals surface area contributed by atoms with E-state index >= 15 is 0 Å². The first kappa shape index (κ1) is 12.4. The van der Waals surface area contributed by atoms with E-state index in [0.29, 0.717) is 0 Å². The van der Waals surface area contributed by atoms with Crippen molar-refractivity contribution in [3.63, 3.8) is 0 Å². The Balaban J connectivity index is 3.00. The molecule has 0 unspecified atom stereocenters. The molecular formula is C11H12F2O3. The summed E-state index contributed by atoms with van der Waals surface area (Å²) in [6.07, 6.45) is -0.347. The van der Waals surface area contributed by atoms with Gasteiger partial charge in [0.25, 0.3) is 0 Å². The summed E-state index contributed by atoms with van der Waals surface area (Å²) in [6.45, 7) is 1.83. The third-order valence-corrected chi connectivity index (χ3v) is 2.00. The number of rotatable bonds is 4. The van der Waals surface area contributed by atoms with Gasteiger partial charge in [-0.05, 0) is 19.1 Å². The zero-order chi connectivity index (χ0) is 12.1. The molecule has 0 amide bonds. The quantitative estimate of drug-likeness (QED) is 0.743. The lowest BCUT2D eigenvalue weighted by Gasteiger charge is -2.09. The van der Waals surface area contributed by atoms with E-state index in [-0.39, 0.29) is 24.3 Å². The SMILES string of the molecule is CCOC(=O)Cc1c(OC)ccc(F)c1F. The van der Waals surface area contributed by atoms with Gasteiger partial charge in [0.2, 0.25) is 0 Å². The summed E-state index contributed by atoms with van der Waals surface area (Å²) in [6, 6.07) is 2.22. The molecule has 0 heterocycles. The third-order valence-electron chi connectivity index (χ3n) is 2.00. The zero-order valence-electron chi connectivity index (χ0n) is 9.05. The van der Waals surface area contributed by atoms with Crippen molar-refractivity contribution in [2.75, 3.05) is 13.7 Å². The lowest BCUT2D eigenvalue weighted by atomic mass is 10.1. The van der Waals surface area contributed by atoms with Crippen molar-refractivity contribution in [1.82, 2.24) is 0 Å². The van der Waals surface area contributed by atoms with Gasteiger partial charge in [-0.15, -0.1) is 0 Å². The maximum Gasteiger partial charge on any atom is 0.310 e. The summed E-state index contributed by atoms with van der Waals surface area (Å²) in [7, 11) is 1.32. The standard InChI is InChI=1S/C11H12F2O3/c1-3-16-10(14)6-7-9(15-2)5-4-8(12)11(7)13/h4-5H,3,6H2,1-2H3. The van der Waals surface area contributed by atoms with E-state index in [0.717, 1.165) is 6.07 Å². The molecule has 0 aliphatic carbocycles. The van der Waals surface area contributed by atoms with Crippen molar-refractivity contribution in [3.05, 3.63) is 29.3 Å². The van der Waals surface area contributed by atoms with Crippen LogP contribution in [-0.2, 0) is 16.0 Å². The van der Waals surface area contributed by atoms with Crippen LogP contribution < -0.4 is 4.74 Å². The Morgan fingerprint density at radius 3 is 2.62 bits per heavy atom. The molecule has 0 radical (unpaired) electrons. The number of carbonyl (C=O) groups excluding carboxylic acids is 1.